The molecular weight excluding hydrogens is 396 g/mol. The number of halogens is 1. The van der Waals surface area contributed by atoms with E-state index in [-0.39, 0.29) is 18.6 Å². The molecule has 0 saturated carbocycles. The molecule has 0 fully saturated rings. The van der Waals surface area contributed by atoms with Crippen LogP contribution >= 0.6 is 11.6 Å². The molecular formula is C21H21ClN2O5. The highest BCUT2D eigenvalue weighted by molar-refractivity contribution is 6.32. The van der Waals surface area contributed by atoms with Crippen LogP contribution in [0.4, 0.5) is 0 Å². The number of nitrogens with one attached hydrogen (secondary N) is 1. The van der Waals surface area contributed by atoms with Crippen LogP contribution in [0.3, 0.4) is 0 Å². The van der Waals surface area contributed by atoms with E-state index in [9.17, 15) is 4.79 Å². The van der Waals surface area contributed by atoms with E-state index in [4.69, 9.17) is 30.3 Å². The molecule has 1 amide bonds. The van der Waals surface area contributed by atoms with Crippen molar-refractivity contribution in [3.8, 4) is 11.5 Å². The van der Waals surface area contributed by atoms with E-state index in [1.807, 2.05) is 37.3 Å². The molecule has 0 aliphatic rings. The van der Waals surface area contributed by atoms with Crippen molar-refractivity contribution in [3.05, 3.63) is 58.8 Å². The molecule has 0 radical (unpaired) electrons. The first-order valence-electron chi connectivity index (χ1n) is 8.86. The fourth-order valence-corrected chi connectivity index (χ4v) is 3.07. The van der Waals surface area contributed by atoms with Crippen LogP contribution in [0.15, 0.2) is 52.0 Å². The zero-order valence-corrected chi connectivity index (χ0v) is 17.0. The lowest BCUT2D eigenvalue weighted by molar-refractivity contribution is -0.126. The summed E-state index contributed by atoms with van der Waals surface area (Å²) in [4.78, 5) is 17.2. The van der Waals surface area contributed by atoms with E-state index in [0.29, 0.717) is 27.8 Å². The molecule has 0 bridgehead atoms. The highest BCUT2D eigenvalue weighted by Gasteiger charge is 2.14. The Morgan fingerprint density at radius 3 is 2.76 bits per heavy atom. The van der Waals surface area contributed by atoms with Gasteiger partial charge in [-0.2, -0.15) is 0 Å². The van der Waals surface area contributed by atoms with Gasteiger partial charge in [-0.1, -0.05) is 35.0 Å². The zero-order chi connectivity index (χ0) is 20.8. The smallest absolute Gasteiger partial charge is 0.261 e. The number of carbonyl (C=O) groups is 1. The number of nitrogens with zero attached hydrogens (tertiary/aromatic N) is 1. The van der Waals surface area contributed by atoms with Gasteiger partial charge in [-0.3, -0.25) is 4.79 Å². The lowest BCUT2D eigenvalue weighted by atomic mass is 10.2. The average molecular weight is 417 g/mol. The average Bonchev–Trinajstić information content (AvgIpc) is 3.15. The second kappa shape index (κ2) is 9.34. The third kappa shape index (κ3) is 5.00. The highest BCUT2D eigenvalue weighted by Crippen LogP contribution is 2.35. The Balaban J connectivity index is 1.53. The molecule has 8 heteroatoms. The van der Waals surface area contributed by atoms with Gasteiger partial charge >= 0.3 is 0 Å². The molecule has 1 unspecified atom stereocenters. The van der Waals surface area contributed by atoms with E-state index in [1.54, 1.807) is 12.1 Å². The van der Waals surface area contributed by atoms with Gasteiger partial charge in [-0.05, 0) is 31.2 Å². The Morgan fingerprint density at radius 1 is 1.24 bits per heavy atom. The lowest BCUT2D eigenvalue weighted by Gasteiger charge is -2.11. The number of para-hydroxylation sites is 1. The molecule has 1 N–H and O–H groups in total. The summed E-state index contributed by atoms with van der Waals surface area (Å²) in [6.45, 7) is 1.60. The van der Waals surface area contributed by atoms with Crippen molar-refractivity contribution in [1.82, 2.24) is 5.32 Å². The van der Waals surface area contributed by atoms with E-state index >= 15 is 0 Å². The van der Waals surface area contributed by atoms with Gasteiger partial charge in [-0.15, -0.1) is 0 Å². The van der Waals surface area contributed by atoms with Gasteiger partial charge in [0, 0.05) is 10.9 Å². The van der Waals surface area contributed by atoms with E-state index in [2.05, 4.69) is 10.5 Å². The Hall–Kier alpha value is -3.19. The predicted octanol–water partition coefficient (Wildman–Crippen LogP) is 4.33. The Kier molecular flexibility index (Phi) is 6.61. The van der Waals surface area contributed by atoms with Crippen molar-refractivity contribution in [2.24, 2.45) is 5.16 Å². The second-order valence-corrected chi connectivity index (χ2v) is 6.63. The number of fused-ring (bicyclic) bond motifs is 1. The van der Waals surface area contributed by atoms with Gasteiger partial charge in [0.1, 0.15) is 11.3 Å². The van der Waals surface area contributed by atoms with Crippen LogP contribution < -0.4 is 14.8 Å². The number of rotatable bonds is 8. The number of benzene rings is 2. The summed E-state index contributed by atoms with van der Waals surface area (Å²) in [7, 11) is 3.02. The SMILES string of the molecule is COc1cc(/C=N/OCC(=O)NC(C)c2cc3ccccc3o2)cc(Cl)c1OC. The second-order valence-electron chi connectivity index (χ2n) is 6.22. The van der Waals surface area contributed by atoms with Crippen LogP contribution in [0.1, 0.15) is 24.3 Å². The van der Waals surface area contributed by atoms with E-state index < -0.39 is 0 Å². The van der Waals surface area contributed by atoms with Crippen molar-refractivity contribution >= 4 is 34.7 Å². The van der Waals surface area contributed by atoms with Crippen LogP contribution in [-0.4, -0.2) is 32.9 Å². The number of carbonyl (C=O) groups excluding carboxylic acids is 1. The van der Waals surface area contributed by atoms with Crippen molar-refractivity contribution in [2.75, 3.05) is 20.8 Å². The Labute approximate surface area is 173 Å². The number of amides is 1. The standard InChI is InChI=1S/C21H21ClN2O5/c1-13(18-10-15-6-4-5-7-17(15)29-18)24-20(25)12-28-23-11-14-8-16(22)21(27-3)19(9-14)26-2/h4-11,13H,12H2,1-3H3,(H,24,25)/b23-11+. The van der Waals surface area contributed by atoms with E-state index in [1.165, 1.54) is 20.4 Å². The number of methoxy groups -OCH3 is 2. The van der Waals surface area contributed by atoms with Crippen LogP contribution in [0.25, 0.3) is 11.0 Å². The first-order chi connectivity index (χ1) is 14.0. The molecule has 1 heterocycles. The minimum absolute atomic E-state index is 0.234. The third-order valence-electron chi connectivity index (χ3n) is 4.18. The molecule has 152 valence electrons. The molecule has 2 aromatic carbocycles. The molecule has 0 aliphatic heterocycles. The minimum Gasteiger partial charge on any atom is -0.493 e. The lowest BCUT2D eigenvalue weighted by Crippen LogP contribution is -2.29. The quantitative estimate of drug-likeness (QED) is 0.436. The molecule has 3 rings (SSSR count). The van der Waals surface area contributed by atoms with Crippen molar-refractivity contribution in [1.29, 1.82) is 0 Å². The number of hydrogen-bond donors (Lipinski definition) is 1. The third-order valence-corrected chi connectivity index (χ3v) is 4.46. The van der Waals surface area contributed by atoms with Crippen LogP contribution in [-0.2, 0) is 9.63 Å². The van der Waals surface area contributed by atoms with Gasteiger partial charge in [0.15, 0.2) is 18.1 Å². The highest BCUT2D eigenvalue weighted by atomic mass is 35.5. The Morgan fingerprint density at radius 2 is 2.03 bits per heavy atom. The molecule has 1 atom stereocenters. The largest absolute Gasteiger partial charge is 0.493 e. The summed E-state index contributed by atoms with van der Waals surface area (Å²) >= 11 is 6.14. The zero-order valence-electron chi connectivity index (χ0n) is 16.3. The minimum atomic E-state index is -0.319. The monoisotopic (exact) mass is 416 g/mol. The summed E-state index contributed by atoms with van der Waals surface area (Å²) < 4.78 is 16.1. The first-order valence-corrected chi connectivity index (χ1v) is 9.24. The topological polar surface area (TPSA) is 82.3 Å². The number of furan rings is 1. The number of oxime groups is 1. The maximum atomic E-state index is 12.1. The summed E-state index contributed by atoms with van der Waals surface area (Å²) in [6.07, 6.45) is 1.43. The van der Waals surface area contributed by atoms with E-state index in [0.717, 1.165) is 11.0 Å². The maximum Gasteiger partial charge on any atom is 0.261 e. The van der Waals surface area contributed by atoms with Crippen molar-refractivity contribution in [3.63, 3.8) is 0 Å². The van der Waals surface area contributed by atoms with Gasteiger partial charge in [0.2, 0.25) is 0 Å². The number of hydrogen-bond acceptors (Lipinski definition) is 6. The summed E-state index contributed by atoms with van der Waals surface area (Å²) in [5.41, 5.74) is 1.42. The van der Waals surface area contributed by atoms with Crippen molar-refractivity contribution < 1.29 is 23.5 Å². The van der Waals surface area contributed by atoms with Crippen LogP contribution in [0.2, 0.25) is 5.02 Å². The van der Waals surface area contributed by atoms with Crippen LogP contribution in [0.5, 0.6) is 11.5 Å². The molecule has 0 aliphatic carbocycles. The molecule has 1 aromatic heterocycles. The van der Waals surface area contributed by atoms with Gasteiger partial charge < -0.3 is 24.0 Å². The number of ether oxygens (including phenoxy) is 2. The van der Waals surface area contributed by atoms with Crippen molar-refractivity contribution in [2.45, 2.75) is 13.0 Å². The summed E-state index contributed by atoms with van der Waals surface area (Å²) in [5.74, 6) is 1.26. The van der Waals surface area contributed by atoms with Gasteiger partial charge in [0.25, 0.3) is 5.91 Å². The molecule has 0 saturated heterocycles. The summed E-state index contributed by atoms with van der Waals surface area (Å²) in [5, 5.41) is 7.98. The molecule has 0 spiro atoms. The molecule has 3 aromatic rings. The predicted molar refractivity (Wildman–Crippen MR) is 111 cm³/mol. The maximum absolute atomic E-state index is 12.1. The van der Waals surface area contributed by atoms with Crippen LogP contribution in [0, 0.1) is 0 Å². The Bertz CT molecular complexity index is 998. The normalized spacial score (nSPS) is 12.1. The van der Waals surface area contributed by atoms with Gasteiger partial charge in [0.05, 0.1) is 31.5 Å². The fraction of sp³-hybridized carbons (Fsp3) is 0.238. The summed E-state index contributed by atoms with van der Waals surface area (Å²) in [6, 6.07) is 12.6. The molecule has 29 heavy (non-hydrogen) atoms. The molecule has 7 nitrogen and oxygen atoms in total. The van der Waals surface area contributed by atoms with Gasteiger partial charge in [-0.25, -0.2) is 0 Å². The fourth-order valence-electron chi connectivity index (χ4n) is 2.78. The first kappa shape index (κ1) is 20.5.